The Morgan fingerprint density at radius 3 is 2.50 bits per heavy atom. The van der Waals surface area contributed by atoms with Crippen molar-refractivity contribution in [2.75, 3.05) is 0 Å². The summed E-state index contributed by atoms with van der Waals surface area (Å²) >= 11 is 0. The first-order valence-corrected chi connectivity index (χ1v) is 10.2. The predicted octanol–water partition coefficient (Wildman–Crippen LogP) is 2.21. The van der Waals surface area contributed by atoms with Gasteiger partial charge < -0.3 is 5.11 Å². The van der Waals surface area contributed by atoms with Crippen LogP contribution in [-0.2, 0) is 13.2 Å². The van der Waals surface area contributed by atoms with Crippen LogP contribution in [0.4, 0.5) is 4.39 Å². The van der Waals surface area contributed by atoms with Crippen LogP contribution in [0.25, 0.3) is 22.1 Å². The number of aliphatic hydroxyl groups is 1. The highest BCUT2D eigenvalue weighted by Crippen LogP contribution is 2.28. The standard InChI is InChI=1S/C22H23FN6O3/c1-5-27-20(10-30)26-29(22(27)32)18-7-14-15(6-17(18)23)21(31)28(9-16(14)12(2)3)19-8-24-11-25-13(19)4/h6-9,11-12,30H,5,10H2,1-4H3. The second-order valence-electron chi connectivity index (χ2n) is 7.77. The van der Waals surface area contributed by atoms with Gasteiger partial charge in [-0.15, -0.1) is 5.10 Å². The fourth-order valence-corrected chi connectivity index (χ4v) is 3.82. The van der Waals surface area contributed by atoms with Crippen molar-refractivity contribution in [2.45, 2.75) is 46.8 Å². The zero-order valence-electron chi connectivity index (χ0n) is 18.2. The predicted molar refractivity (Wildman–Crippen MR) is 117 cm³/mol. The van der Waals surface area contributed by atoms with Crippen LogP contribution in [-0.4, -0.2) is 34.0 Å². The molecule has 0 saturated carbocycles. The number of fused-ring (bicyclic) bond motifs is 1. The Morgan fingerprint density at radius 2 is 1.91 bits per heavy atom. The lowest BCUT2D eigenvalue weighted by atomic mass is 9.97. The molecule has 0 aliphatic heterocycles. The van der Waals surface area contributed by atoms with E-state index in [0.29, 0.717) is 16.8 Å². The van der Waals surface area contributed by atoms with Gasteiger partial charge in [-0.3, -0.25) is 13.9 Å². The summed E-state index contributed by atoms with van der Waals surface area (Å²) < 4.78 is 18.8. The number of aryl methyl sites for hydroxylation is 1. The highest BCUT2D eigenvalue weighted by molar-refractivity contribution is 5.87. The molecule has 10 heteroatoms. The lowest BCUT2D eigenvalue weighted by molar-refractivity contribution is 0.264. The van der Waals surface area contributed by atoms with Crippen molar-refractivity contribution < 1.29 is 9.50 Å². The van der Waals surface area contributed by atoms with Gasteiger partial charge in [0.2, 0.25) is 0 Å². The molecule has 0 saturated heterocycles. The van der Waals surface area contributed by atoms with Gasteiger partial charge in [-0.2, -0.15) is 4.68 Å². The molecular weight excluding hydrogens is 415 g/mol. The van der Waals surface area contributed by atoms with E-state index >= 15 is 4.39 Å². The number of halogens is 1. The zero-order valence-corrected chi connectivity index (χ0v) is 18.2. The maximum absolute atomic E-state index is 15.2. The third kappa shape index (κ3) is 3.32. The van der Waals surface area contributed by atoms with Crippen molar-refractivity contribution in [1.29, 1.82) is 0 Å². The average Bonchev–Trinajstić information content (AvgIpc) is 3.09. The van der Waals surface area contributed by atoms with Crippen LogP contribution in [0.2, 0.25) is 0 Å². The number of benzene rings is 1. The second kappa shape index (κ2) is 8.12. The minimum absolute atomic E-state index is 0.00878. The van der Waals surface area contributed by atoms with Gasteiger partial charge in [0.1, 0.15) is 24.4 Å². The van der Waals surface area contributed by atoms with Crippen LogP contribution >= 0.6 is 0 Å². The van der Waals surface area contributed by atoms with E-state index < -0.39 is 23.7 Å². The van der Waals surface area contributed by atoms with Crippen LogP contribution in [0.5, 0.6) is 0 Å². The van der Waals surface area contributed by atoms with Crippen LogP contribution < -0.4 is 11.2 Å². The molecule has 0 spiro atoms. The Hall–Kier alpha value is -3.66. The molecule has 0 unspecified atom stereocenters. The molecule has 1 aromatic carbocycles. The second-order valence-corrected chi connectivity index (χ2v) is 7.77. The SMILES string of the molecule is CCn1c(CO)nn(-c2cc3c(C(C)C)cn(-c4cncnc4C)c(=O)c3cc2F)c1=O. The highest BCUT2D eigenvalue weighted by atomic mass is 19.1. The zero-order chi connectivity index (χ0) is 23.2. The Kier molecular flexibility index (Phi) is 5.47. The molecule has 9 nitrogen and oxygen atoms in total. The lowest BCUT2D eigenvalue weighted by Crippen LogP contribution is -2.25. The molecule has 0 bridgehead atoms. The molecule has 166 valence electrons. The van der Waals surface area contributed by atoms with E-state index in [0.717, 1.165) is 16.3 Å². The minimum atomic E-state index is -0.768. The van der Waals surface area contributed by atoms with Gasteiger partial charge in [-0.05, 0) is 42.8 Å². The number of nitrogens with zero attached hydrogens (tertiary/aromatic N) is 6. The molecule has 4 aromatic rings. The molecule has 4 rings (SSSR count). The smallest absolute Gasteiger partial charge is 0.350 e. The fourth-order valence-electron chi connectivity index (χ4n) is 3.82. The van der Waals surface area contributed by atoms with Crippen LogP contribution in [0, 0.1) is 12.7 Å². The first kappa shape index (κ1) is 21.6. The summed E-state index contributed by atoms with van der Waals surface area (Å²) in [4.78, 5) is 34.2. The minimum Gasteiger partial charge on any atom is -0.388 e. The molecule has 1 N–H and O–H groups in total. The first-order chi connectivity index (χ1) is 15.3. The van der Waals surface area contributed by atoms with Crippen molar-refractivity contribution in [3.05, 3.63) is 74.6 Å². The van der Waals surface area contributed by atoms with E-state index in [1.807, 2.05) is 13.8 Å². The topological polar surface area (TPSA) is 108 Å². The van der Waals surface area contributed by atoms with Crippen LogP contribution in [0.1, 0.15) is 43.8 Å². The normalized spacial score (nSPS) is 11.6. The molecule has 0 radical (unpaired) electrons. The summed E-state index contributed by atoms with van der Waals surface area (Å²) in [7, 11) is 0. The number of rotatable bonds is 5. The van der Waals surface area contributed by atoms with Gasteiger partial charge in [0.25, 0.3) is 5.56 Å². The van der Waals surface area contributed by atoms with Crippen molar-refractivity contribution in [3.63, 3.8) is 0 Å². The van der Waals surface area contributed by atoms with Crippen molar-refractivity contribution in [1.82, 2.24) is 28.9 Å². The Balaban J connectivity index is 2.06. The van der Waals surface area contributed by atoms with Crippen LogP contribution in [0.15, 0.2) is 40.4 Å². The maximum atomic E-state index is 15.2. The first-order valence-electron chi connectivity index (χ1n) is 10.2. The third-order valence-electron chi connectivity index (χ3n) is 5.51. The summed E-state index contributed by atoms with van der Waals surface area (Å²) in [6, 6.07) is 2.60. The molecule has 0 fully saturated rings. The van der Waals surface area contributed by atoms with Crippen molar-refractivity contribution in [3.8, 4) is 11.4 Å². The molecule has 0 atom stereocenters. The molecule has 0 aliphatic carbocycles. The molecule has 3 heterocycles. The van der Waals surface area contributed by atoms with Crippen molar-refractivity contribution >= 4 is 10.8 Å². The largest absolute Gasteiger partial charge is 0.388 e. The number of pyridine rings is 1. The van der Waals surface area contributed by atoms with Gasteiger partial charge in [0.15, 0.2) is 5.82 Å². The quantitative estimate of drug-likeness (QED) is 0.512. The summed E-state index contributed by atoms with van der Waals surface area (Å²) in [6.45, 7) is 7.25. The number of hydrogen-bond donors (Lipinski definition) is 1. The van der Waals surface area contributed by atoms with Gasteiger partial charge in [0, 0.05) is 12.7 Å². The Labute approximate surface area is 182 Å². The van der Waals surface area contributed by atoms with E-state index in [9.17, 15) is 14.7 Å². The van der Waals surface area contributed by atoms with E-state index in [2.05, 4.69) is 15.1 Å². The third-order valence-corrected chi connectivity index (χ3v) is 5.51. The monoisotopic (exact) mass is 438 g/mol. The van der Waals surface area contributed by atoms with E-state index in [-0.39, 0.29) is 29.4 Å². The summed E-state index contributed by atoms with van der Waals surface area (Å²) in [6.07, 6.45) is 4.64. The van der Waals surface area contributed by atoms with Gasteiger partial charge in [-0.25, -0.2) is 19.2 Å². The van der Waals surface area contributed by atoms with Gasteiger partial charge in [-0.1, -0.05) is 13.8 Å². The molecular formula is C22H23FN6O3. The highest BCUT2D eigenvalue weighted by Gasteiger charge is 2.20. The average molecular weight is 438 g/mol. The van der Waals surface area contributed by atoms with Gasteiger partial charge in [0.05, 0.1) is 23.0 Å². The fraction of sp³-hybridized carbons (Fsp3) is 0.318. The molecule has 0 aliphatic rings. The van der Waals surface area contributed by atoms with Crippen LogP contribution in [0.3, 0.4) is 0 Å². The van der Waals surface area contributed by atoms with Crippen molar-refractivity contribution in [2.24, 2.45) is 0 Å². The van der Waals surface area contributed by atoms with E-state index in [4.69, 9.17) is 0 Å². The lowest BCUT2D eigenvalue weighted by Gasteiger charge is -2.16. The summed E-state index contributed by atoms with van der Waals surface area (Å²) in [5.41, 5.74) is 0.844. The van der Waals surface area contributed by atoms with E-state index in [1.165, 1.54) is 27.7 Å². The Morgan fingerprint density at radius 1 is 1.16 bits per heavy atom. The van der Waals surface area contributed by atoms with E-state index in [1.54, 1.807) is 20.0 Å². The molecule has 0 amide bonds. The maximum Gasteiger partial charge on any atom is 0.350 e. The number of aliphatic hydroxyl groups excluding tert-OH is 1. The molecule has 3 aromatic heterocycles. The number of hydrogen-bond acceptors (Lipinski definition) is 6. The summed E-state index contributed by atoms with van der Waals surface area (Å²) in [5.74, 6) is -0.642. The summed E-state index contributed by atoms with van der Waals surface area (Å²) in [5, 5.41) is 14.3. The number of aromatic nitrogens is 6. The van der Waals surface area contributed by atoms with Gasteiger partial charge >= 0.3 is 5.69 Å². The molecule has 32 heavy (non-hydrogen) atoms. The Bertz CT molecular complexity index is 1450.